The Morgan fingerprint density at radius 3 is 1.73 bits per heavy atom. The smallest absolute Gasteiger partial charge is 0.320 e. The fourth-order valence-corrected chi connectivity index (χ4v) is 5.36. The highest BCUT2D eigenvalue weighted by molar-refractivity contribution is 5.63. The average molecular weight is 432 g/mol. The summed E-state index contributed by atoms with van der Waals surface area (Å²) in [6.45, 7) is 4.27. The van der Waals surface area contributed by atoms with E-state index in [1.165, 1.54) is 70.3 Å². The van der Waals surface area contributed by atoms with Crippen molar-refractivity contribution in [3.63, 3.8) is 0 Å². The van der Waals surface area contributed by atoms with E-state index in [1.54, 1.807) is 0 Å². The van der Waals surface area contributed by atoms with Gasteiger partial charge < -0.3 is 5.32 Å². The van der Waals surface area contributed by atoms with Crippen LogP contribution in [0.3, 0.4) is 0 Å². The van der Waals surface area contributed by atoms with Gasteiger partial charge in [-0.25, -0.2) is 0 Å². The number of unbranched alkanes of at least 4 members (excludes halogenated alkanes) is 3. The molecule has 0 heterocycles. The second-order valence-corrected chi connectivity index (χ2v) is 9.39. The molecule has 0 aromatic carbocycles. The summed E-state index contributed by atoms with van der Waals surface area (Å²) >= 11 is 0. The summed E-state index contributed by atoms with van der Waals surface area (Å²) < 4.78 is 36.4. The SMILES string of the molecule is C=CC=O.CNCCC1CCC(C2CCC(CCCCCCC(F)(F)F)CC2)CC1. The number of nitrogens with one attached hydrogen (secondary N) is 1. The average Bonchev–Trinajstić information content (AvgIpc) is 2.75. The third-order valence-corrected chi connectivity index (χ3v) is 7.17. The summed E-state index contributed by atoms with van der Waals surface area (Å²) in [7, 11) is 2.05. The van der Waals surface area contributed by atoms with Gasteiger partial charge in [-0.2, -0.15) is 13.2 Å². The zero-order valence-corrected chi connectivity index (χ0v) is 19.0. The minimum Gasteiger partial charge on any atom is -0.320 e. The first kappa shape index (κ1) is 27.2. The number of hydrogen-bond acceptors (Lipinski definition) is 2. The molecule has 2 nitrogen and oxygen atoms in total. The van der Waals surface area contributed by atoms with Crippen molar-refractivity contribution in [2.75, 3.05) is 13.6 Å². The lowest BCUT2D eigenvalue weighted by atomic mass is 9.68. The van der Waals surface area contributed by atoms with E-state index in [2.05, 4.69) is 11.9 Å². The molecular weight excluding hydrogens is 387 g/mol. The molecule has 0 bridgehead atoms. The summed E-state index contributed by atoms with van der Waals surface area (Å²) in [5.74, 6) is 3.74. The van der Waals surface area contributed by atoms with Crippen molar-refractivity contribution in [1.29, 1.82) is 0 Å². The van der Waals surface area contributed by atoms with Crippen molar-refractivity contribution in [3.05, 3.63) is 12.7 Å². The standard InChI is InChI=1S/C22H40F3N.C3H4O/c1-26-17-15-19-9-13-21(14-10-19)20-11-7-18(8-12-20)6-4-2-3-5-16-22(23,24)25;1-2-3-4/h18-21,26H,2-17H2,1H3;2-3H,1H2. The van der Waals surface area contributed by atoms with Gasteiger partial charge in [0.25, 0.3) is 0 Å². The third kappa shape index (κ3) is 12.8. The highest BCUT2D eigenvalue weighted by Gasteiger charge is 2.30. The second kappa shape index (κ2) is 15.9. The van der Waals surface area contributed by atoms with Crippen LogP contribution in [-0.2, 0) is 4.79 Å². The van der Waals surface area contributed by atoms with Gasteiger partial charge in [0.15, 0.2) is 0 Å². The molecule has 2 saturated carbocycles. The van der Waals surface area contributed by atoms with Crippen molar-refractivity contribution in [1.82, 2.24) is 5.32 Å². The molecule has 0 unspecified atom stereocenters. The van der Waals surface area contributed by atoms with Crippen LogP contribution in [0, 0.1) is 23.7 Å². The van der Waals surface area contributed by atoms with E-state index in [0.717, 1.165) is 49.5 Å². The maximum absolute atomic E-state index is 12.1. The number of allylic oxidation sites excluding steroid dienone is 1. The van der Waals surface area contributed by atoms with Crippen molar-refractivity contribution >= 4 is 6.29 Å². The lowest BCUT2D eigenvalue weighted by molar-refractivity contribution is -0.135. The van der Waals surface area contributed by atoms with Crippen LogP contribution in [-0.4, -0.2) is 26.1 Å². The lowest BCUT2D eigenvalue weighted by Crippen LogP contribution is -2.26. The number of halogens is 3. The monoisotopic (exact) mass is 431 g/mol. The fraction of sp³-hybridized carbons (Fsp3) is 0.880. The Morgan fingerprint density at radius 2 is 1.30 bits per heavy atom. The van der Waals surface area contributed by atoms with Crippen LogP contribution in [0.25, 0.3) is 0 Å². The van der Waals surface area contributed by atoms with Gasteiger partial charge in [-0.1, -0.05) is 57.9 Å². The van der Waals surface area contributed by atoms with Crippen LogP contribution in [0.1, 0.15) is 96.3 Å². The quantitative estimate of drug-likeness (QED) is 0.209. The molecule has 176 valence electrons. The first-order chi connectivity index (χ1) is 14.4. The van der Waals surface area contributed by atoms with E-state index in [9.17, 15) is 13.2 Å². The minimum absolute atomic E-state index is 0.313. The predicted octanol–water partition coefficient (Wildman–Crippen LogP) is 7.48. The van der Waals surface area contributed by atoms with Crippen LogP contribution < -0.4 is 5.32 Å². The molecule has 0 atom stereocenters. The molecule has 0 spiro atoms. The first-order valence-corrected chi connectivity index (χ1v) is 12.2. The number of carbonyl (C=O) groups excluding carboxylic acids is 1. The topological polar surface area (TPSA) is 29.1 Å². The van der Waals surface area contributed by atoms with E-state index < -0.39 is 12.6 Å². The Morgan fingerprint density at radius 1 is 0.833 bits per heavy atom. The van der Waals surface area contributed by atoms with Crippen LogP contribution in [0.2, 0.25) is 0 Å². The first-order valence-electron chi connectivity index (χ1n) is 12.2. The van der Waals surface area contributed by atoms with Crippen LogP contribution in [0.5, 0.6) is 0 Å². The zero-order chi connectivity index (χ0) is 22.2. The van der Waals surface area contributed by atoms with Crippen molar-refractivity contribution in [3.8, 4) is 0 Å². The molecule has 2 rings (SSSR count). The highest BCUT2D eigenvalue weighted by atomic mass is 19.4. The molecule has 30 heavy (non-hydrogen) atoms. The molecule has 2 aliphatic rings. The Bertz CT molecular complexity index is 430. The molecule has 0 aromatic heterocycles. The summed E-state index contributed by atoms with van der Waals surface area (Å²) in [4.78, 5) is 9.06. The number of carbonyl (C=O) groups is 1. The third-order valence-electron chi connectivity index (χ3n) is 7.17. The normalized spacial score (nSPS) is 27.1. The molecular formula is C25H44F3NO. The van der Waals surface area contributed by atoms with E-state index >= 15 is 0 Å². The van der Waals surface area contributed by atoms with Gasteiger partial charge in [-0.3, -0.25) is 4.79 Å². The van der Waals surface area contributed by atoms with Gasteiger partial charge in [-0.05, 0) is 81.9 Å². The van der Waals surface area contributed by atoms with E-state index in [-0.39, 0.29) is 0 Å². The van der Waals surface area contributed by atoms with Gasteiger partial charge in [0.05, 0.1) is 0 Å². The maximum atomic E-state index is 12.1. The molecule has 0 amide bonds. The number of aldehydes is 1. The minimum atomic E-state index is -3.97. The molecule has 0 aliphatic heterocycles. The van der Waals surface area contributed by atoms with Crippen molar-refractivity contribution in [2.24, 2.45) is 23.7 Å². The van der Waals surface area contributed by atoms with E-state index in [4.69, 9.17) is 4.79 Å². The van der Waals surface area contributed by atoms with Crippen molar-refractivity contribution in [2.45, 2.75) is 102 Å². The Hall–Kier alpha value is -0.840. The number of rotatable bonds is 11. The Labute approximate surface area is 182 Å². The van der Waals surface area contributed by atoms with Crippen molar-refractivity contribution < 1.29 is 18.0 Å². The van der Waals surface area contributed by atoms with E-state index in [0.29, 0.717) is 12.7 Å². The van der Waals surface area contributed by atoms with Gasteiger partial charge in [0, 0.05) is 6.42 Å². The Balaban J connectivity index is 0.00000103. The second-order valence-electron chi connectivity index (χ2n) is 9.39. The van der Waals surface area contributed by atoms with Crippen LogP contribution in [0.15, 0.2) is 12.7 Å². The summed E-state index contributed by atoms with van der Waals surface area (Å²) in [6.07, 6.45) is 14.3. The molecule has 2 fully saturated rings. The molecule has 5 heteroatoms. The number of alkyl halides is 3. The predicted molar refractivity (Wildman–Crippen MR) is 119 cm³/mol. The van der Waals surface area contributed by atoms with Gasteiger partial charge in [0.1, 0.15) is 6.29 Å². The summed E-state index contributed by atoms with van der Waals surface area (Å²) in [6, 6.07) is 0. The molecule has 2 aliphatic carbocycles. The molecule has 0 aromatic rings. The lowest BCUT2D eigenvalue weighted by Gasteiger charge is -2.38. The van der Waals surface area contributed by atoms with Crippen LogP contribution in [0.4, 0.5) is 13.2 Å². The van der Waals surface area contributed by atoms with Crippen LogP contribution >= 0.6 is 0 Å². The van der Waals surface area contributed by atoms with Gasteiger partial charge in [-0.15, -0.1) is 0 Å². The summed E-state index contributed by atoms with van der Waals surface area (Å²) in [5.41, 5.74) is 0. The van der Waals surface area contributed by atoms with E-state index in [1.807, 2.05) is 7.05 Å². The molecule has 0 saturated heterocycles. The highest BCUT2D eigenvalue weighted by Crippen LogP contribution is 2.42. The maximum Gasteiger partial charge on any atom is 0.389 e. The Kier molecular flexibility index (Phi) is 14.4. The summed E-state index contributed by atoms with van der Waals surface area (Å²) in [5, 5.41) is 3.28. The largest absolute Gasteiger partial charge is 0.389 e. The van der Waals surface area contributed by atoms with Gasteiger partial charge >= 0.3 is 6.18 Å². The number of hydrogen-bond donors (Lipinski definition) is 1. The molecule has 1 N–H and O–H groups in total. The zero-order valence-electron chi connectivity index (χ0n) is 19.0. The fourth-order valence-electron chi connectivity index (χ4n) is 5.36. The van der Waals surface area contributed by atoms with Gasteiger partial charge in [0.2, 0.25) is 0 Å². The molecule has 0 radical (unpaired) electrons.